The molecule has 1 heterocycles. The molecule has 88 valence electrons. The molecule has 18 heavy (non-hydrogen) atoms. The molecule has 3 aromatic rings. The maximum Gasteiger partial charge on any atom is 0.148 e. The molecule has 3 heteroatoms. The first kappa shape index (κ1) is 10.6. The molecule has 1 N–H and O–H groups in total. The molecule has 0 aliphatic carbocycles. The third-order valence-electron chi connectivity index (χ3n) is 2.82. The highest BCUT2D eigenvalue weighted by molar-refractivity contribution is 5.65. The summed E-state index contributed by atoms with van der Waals surface area (Å²) in [7, 11) is 0. The SMILES string of the molecule is Oc1ccccc1-c1nccn1-c1ccccc1. The zero-order chi connectivity index (χ0) is 12.4. The van der Waals surface area contributed by atoms with Gasteiger partial charge >= 0.3 is 0 Å². The van der Waals surface area contributed by atoms with Crippen molar-refractivity contribution in [1.82, 2.24) is 9.55 Å². The second kappa shape index (κ2) is 4.37. The number of nitrogens with zero attached hydrogens (tertiary/aromatic N) is 2. The molecule has 0 unspecified atom stereocenters. The van der Waals surface area contributed by atoms with Crippen molar-refractivity contribution in [1.29, 1.82) is 0 Å². The summed E-state index contributed by atoms with van der Waals surface area (Å²) in [5, 5.41) is 9.90. The lowest BCUT2D eigenvalue weighted by molar-refractivity contribution is 0.477. The van der Waals surface area contributed by atoms with Gasteiger partial charge in [0.2, 0.25) is 0 Å². The van der Waals surface area contributed by atoms with Crippen molar-refractivity contribution in [2.24, 2.45) is 0 Å². The fourth-order valence-corrected chi connectivity index (χ4v) is 1.96. The molecule has 0 saturated heterocycles. The van der Waals surface area contributed by atoms with Crippen LogP contribution in [0.15, 0.2) is 67.0 Å². The standard InChI is InChI=1S/C15H12N2O/c18-14-9-5-4-8-13(14)15-16-10-11-17(15)12-6-2-1-3-7-12/h1-11,18H. The Kier molecular flexibility index (Phi) is 2.57. The van der Waals surface area contributed by atoms with Gasteiger partial charge in [0.1, 0.15) is 11.6 Å². The lowest BCUT2D eigenvalue weighted by Crippen LogP contribution is -1.95. The zero-order valence-electron chi connectivity index (χ0n) is 9.69. The first-order valence-corrected chi connectivity index (χ1v) is 5.73. The fourth-order valence-electron chi connectivity index (χ4n) is 1.96. The van der Waals surface area contributed by atoms with Crippen LogP contribution in [-0.2, 0) is 0 Å². The monoisotopic (exact) mass is 236 g/mol. The number of hydrogen-bond acceptors (Lipinski definition) is 2. The van der Waals surface area contributed by atoms with Crippen LogP contribution in [0.1, 0.15) is 0 Å². The van der Waals surface area contributed by atoms with Crippen LogP contribution in [0.3, 0.4) is 0 Å². The molecule has 0 aliphatic rings. The predicted octanol–water partition coefficient (Wildman–Crippen LogP) is 3.24. The van der Waals surface area contributed by atoms with Gasteiger partial charge in [-0.1, -0.05) is 30.3 Å². The van der Waals surface area contributed by atoms with E-state index < -0.39 is 0 Å². The number of aromatic nitrogens is 2. The van der Waals surface area contributed by atoms with Crippen molar-refractivity contribution >= 4 is 0 Å². The fraction of sp³-hybridized carbons (Fsp3) is 0. The van der Waals surface area contributed by atoms with Gasteiger partial charge in [-0.25, -0.2) is 4.98 Å². The van der Waals surface area contributed by atoms with Gasteiger partial charge in [0, 0.05) is 18.1 Å². The highest BCUT2D eigenvalue weighted by atomic mass is 16.3. The minimum absolute atomic E-state index is 0.237. The summed E-state index contributed by atoms with van der Waals surface area (Å²) < 4.78 is 1.95. The minimum Gasteiger partial charge on any atom is -0.507 e. The summed E-state index contributed by atoms with van der Waals surface area (Å²) in [5.74, 6) is 0.972. The van der Waals surface area contributed by atoms with Gasteiger partial charge < -0.3 is 5.11 Å². The Labute approximate surface area is 105 Å². The van der Waals surface area contributed by atoms with Crippen LogP contribution in [0.25, 0.3) is 17.1 Å². The summed E-state index contributed by atoms with van der Waals surface area (Å²) in [6, 6.07) is 17.1. The van der Waals surface area contributed by atoms with E-state index in [9.17, 15) is 5.11 Å². The molecule has 0 atom stereocenters. The number of benzene rings is 2. The van der Waals surface area contributed by atoms with Gasteiger partial charge in [0.15, 0.2) is 0 Å². The summed E-state index contributed by atoms with van der Waals surface area (Å²) in [5.41, 5.74) is 1.75. The van der Waals surface area contributed by atoms with Crippen molar-refractivity contribution in [2.75, 3.05) is 0 Å². The highest BCUT2D eigenvalue weighted by Gasteiger charge is 2.10. The largest absolute Gasteiger partial charge is 0.507 e. The average molecular weight is 236 g/mol. The van der Waals surface area contributed by atoms with Crippen LogP contribution >= 0.6 is 0 Å². The van der Waals surface area contributed by atoms with Crippen LogP contribution in [0.2, 0.25) is 0 Å². The molecule has 0 amide bonds. The normalized spacial score (nSPS) is 10.4. The molecule has 3 rings (SSSR count). The number of hydrogen-bond donors (Lipinski definition) is 1. The van der Waals surface area contributed by atoms with Crippen molar-refractivity contribution in [3.05, 3.63) is 67.0 Å². The highest BCUT2D eigenvalue weighted by Crippen LogP contribution is 2.28. The number of phenolic OH excluding ortho intramolecular Hbond substituents is 1. The Morgan fingerprint density at radius 3 is 2.39 bits per heavy atom. The van der Waals surface area contributed by atoms with Gasteiger partial charge in [-0.3, -0.25) is 4.57 Å². The molecule has 0 fully saturated rings. The van der Waals surface area contributed by atoms with Gasteiger partial charge in [-0.2, -0.15) is 0 Å². The Morgan fingerprint density at radius 1 is 0.889 bits per heavy atom. The first-order chi connectivity index (χ1) is 8.86. The second-order valence-electron chi connectivity index (χ2n) is 3.97. The molecule has 0 radical (unpaired) electrons. The van der Waals surface area contributed by atoms with E-state index in [2.05, 4.69) is 4.98 Å². The van der Waals surface area contributed by atoms with Crippen molar-refractivity contribution in [2.45, 2.75) is 0 Å². The van der Waals surface area contributed by atoms with E-state index in [0.29, 0.717) is 0 Å². The summed E-state index contributed by atoms with van der Waals surface area (Å²) in [6.07, 6.45) is 3.62. The molecular formula is C15H12N2O. The van der Waals surface area contributed by atoms with E-state index in [1.54, 1.807) is 18.3 Å². The Balaban J connectivity index is 2.16. The zero-order valence-corrected chi connectivity index (χ0v) is 9.69. The van der Waals surface area contributed by atoms with Crippen LogP contribution in [0.5, 0.6) is 5.75 Å². The summed E-state index contributed by atoms with van der Waals surface area (Å²) in [4.78, 5) is 4.33. The van der Waals surface area contributed by atoms with Crippen LogP contribution in [0, 0.1) is 0 Å². The third kappa shape index (κ3) is 1.76. The molecule has 2 aromatic carbocycles. The van der Waals surface area contributed by atoms with Crippen LogP contribution in [-0.4, -0.2) is 14.7 Å². The van der Waals surface area contributed by atoms with Crippen molar-refractivity contribution < 1.29 is 5.11 Å². The predicted molar refractivity (Wildman–Crippen MR) is 70.7 cm³/mol. The molecule has 0 spiro atoms. The molecule has 1 aromatic heterocycles. The van der Waals surface area contributed by atoms with Crippen molar-refractivity contribution in [3.63, 3.8) is 0 Å². The van der Waals surface area contributed by atoms with E-state index >= 15 is 0 Å². The van der Waals surface area contributed by atoms with Crippen LogP contribution in [0.4, 0.5) is 0 Å². The quantitative estimate of drug-likeness (QED) is 0.741. The maximum absolute atomic E-state index is 9.90. The minimum atomic E-state index is 0.237. The molecule has 0 saturated carbocycles. The van der Waals surface area contributed by atoms with E-state index in [4.69, 9.17) is 0 Å². The first-order valence-electron chi connectivity index (χ1n) is 5.73. The number of imidazole rings is 1. The molecule has 0 aliphatic heterocycles. The maximum atomic E-state index is 9.90. The molecule has 0 bridgehead atoms. The average Bonchev–Trinajstić information content (AvgIpc) is 2.89. The lowest BCUT2D eigenvalue weighted by atomic mass is 10.2. The van der Waals surface area contributed by atoms with E-state index in [0.717, 1.165) is 17.1 Å². The number of rotatable bonds is 2. The molecule has 3 nitrogen and oxygen atoms in total. The van der Waals surface area contributed by atoms with Gasteiger partial charge in [-0.05, 0) is 24.3 Å². The smallest absolute Gasteiger partial charge is 0.148 e. The third-order valence-corrected chi connectivity index (χ3v) is 2.82. The number of para-hydroxylation sites is 2. The van der Waals surface area contributed by atoms with Gasteiger partial charge in [-0.15, -0.1) is 0 Å². The summed E-state index contributed by atoms with van der Waals surface area (Å²) in [6.45, 7) is 0. The van der Waals surface area contributed by atoms with Gasteiger partial charge in [0.25, 0.3) is 0 Å². The number of phenols is 1. The Bertz CT molecular complexity index is 659. The summed E-state index contributed by atoms with van der Waals surface area (Å²) >= 11 is 0. The Hall–Kier alpha value is -2.55. The van der Waals surface area contributed by atoms with Gasteiger partial charge in [0.05, 0.1) is 5.56 Å². The van der Waals surface area contributed by atoms with E-state index in [1.165, 1.54) is 0 Å². The topological polar surface area (TPSA) is 38.1 Å². The van der Waals surface area contributed by atoms with E-state index in [-0.39, 0.29) is 5.75 Å². The lowest BCUT2D eigenvalue weighted by Gasteiger charge is -2.08. The van der Waals surface area contributed by atoms with Crippen LogP contribution < -0.4 is 0 Å². The second-order valence-corrected chi connectivity index (χ2v) is 3.97. The molecular weight excluding hydrogens is 224 g/mol. The van der Waals surface area contributed by atoms with Crippen molar-refractivity contribution in [3.8, 4) is 22.8 Å². The number of aromatic hydroxyl groups is 1. The Morgan fingerprint density at radius 2 is 1.61 bits per heavy atom. The van der Waals surface area contributed by atoms with E-state index in [1.807, 2.05) is 53.2 Å².